The van der Waals surface area contributed by atoms with Crippen LogP contribution < -0.4 is 10.6 Å². The molecule has 1 aromatic rings. The van der Waals surface area contributed by atoms with Gasteiger partial charge in [0.2, 0.25) is 5.91 Å². The lowest BCUT2D eigenvalue weighted by atomic mass is 10.3. The Morgan fingerprint density at radius 1 is 1.35 bits per heavy atom. The molecule has 0 aliphatic carbocycles. The van der Waals surface area contributed by atoms with Crippen molar-refractivity contribution in [1.82, 2.24) is 15.5 Å². The number of carbonyl (C=O) groups excluding carboxylic acids is 1. The van der Waals surface area contributed by atoms with Gasteiger partial charge >= 0.3 is 0 Å². The minimum absolute atomic E-state index is 0. The molecule has 1 aromatic heterocycles. The Morgan fingerprint density at radius 3 is 2.78 bits per heavy atom. The second-order valence-electron chi connectivity index (χ2n) is 5.35. The van der Waals surface area contributed by atoms with Gasteiger partial charge in [-0.2, -0.15) is 0 Å². The molecule has 1 fully saturated rings. The fourth-order valence-corrected chi connectivity index (χ4v) is 3.19. The Hall–Kier alpha value is -0.830. The third-order valence-corrected chi connectivity index (χ3v) is 4.58. The Labute approximate surface area is 160 Å². The monoisotopic (exact) mass is 450 g/mol. The molecule has 2 rings (SSSR count). The highest BCUT2D eigenvalue weighted by atomic mass is 127. The standard InChI is InChI=1S/C16H26N4OS.HI/c1-2-17-16(18-9-7-14-6-5-13-22-14)19-10-8-15(21)20-11-3-4-12-20;/h5-6,13H,2-4,7-12H2,1H3,(H2,17,18,19);1H. The van der Waals surface area contributed by atoms with E-state index in [4.69, 9.17) is 0 Å². The van der Waals surface area contributed by atoms with Crippen molar-refractivity contribution >= 4 is 47.2 Å². The molecule has 1 saturated heterocycles. The van der Waals surface area contributed by atoms with Crippen molar-refractivity contribution in [1.29, 1.82) is 0 Å². The van der Waals surface area contributed by atoms with E-state index in [9.17, 15) is 4.79 Å². The maximum absolute atomic E-state index is 12.0. The summed E-state index contributed by atoms with van der Waals surface area (Å²) in [5.74, 6) is 1.05. The van der Waals surface area contributed by atoms with Gasteiger partial charge in [-0.05, 0) is 31.2 Å². The molecule has 0 saturated carbocycles. The average Bonchev–Trinajstić information content (AvgIpc) is 3.20. The molecule has 0 bridgehead atoms. The normalized spacial score (nSPS) is 14.5. The Morgan fingerprint density at radius 2 is 2.13 bits per heavy atom. The summed E-state index contributed by atoms with van der Waals surface area (Å²) in [6, 6.07) is 4.20. The lowest BCUT2D eigenvalue weighted by Gasteiger charge is -2.16. The second kappa shape index (κ2) is 11.7. The van der Waals surface area contributed by atoms with Gasteiger partial charge < -0.3 is 15.5 Å². The molecule has 5 nitrogen and oxygen atoms in total. The van der Waals surface area contributed by atoms with Crippen molar-refractivity contribution < 1.29 is 4.79 Å². The number of nitrogens with zero attached hydrogens (tertiary/aromatic N) is 2. The highest BCUT2D eigenvalue weighted by molar-refractivity contribution is 14.0. The summed E-state index contributed by atoms with van der Waals surface area (Å²) in [6.07, 6.45) is 3.79. The quantitative estimate of drug-likeness (QED) is 0.381. The fourth-order valence-electron chi connectivity index (χ4n) is 2.49. The maximum atomic E-state index is 12.0. The maximum Gasteiger partial charge on any atom is 0.224 e. The molecule has 0 spiro atoms. The fraction of sp³-hybridized carbons (Fsp3) is 0.625. The van der Waals surface area contributed by atoms with E-state index in [0.717, 1.165) is 51.4 Å². The molecule has 1 aliphatic heterocycles. The predicted molar refractivity (Wildman–Crippen MR) is 108 cm³/mol. The van der Waals surface area contributed by atoms with Gasteiger partial charge in [0.25, 0.3) is 0 Å². The lowest BCUT2D eigenvalue weighted by Crippen LogP contribution is -2.39. The van der Waals surface area contributed by atoms with E-state index >= 15 is 0 Å². The van der Waals surface area contributed by atoms with E-state index in [0.29, 0.717) is 13.0 Å². The van der Waals surface area contributed by atoms with Crippen LogP contribution in [0.2, 0.25) is 0 Å². The lowest BCUT2D eigenvalue weighted by molar-refractivity contribution is -0.129. The molecule has 2 N–H and O–H groups in total. The van der Waals surface area contributed by atoms with E-state index in [2.05, 4.69) is 33.1 Å². The molecule has 7 heteroatoms. The van der Waals surface area contributed by atoms with Crippen LogP contribution in [0.4, 0.5) is 0 Å². The number of aliphatic imine (C=N–C) groups is 1. The number of hydrogen-bond acceptors (Lipinski definition) is 3. The van der Waals surface area contributed by atoms with Crippen molar-refractivity contribution in [3.05, 3.63) is 22.4 Å². The number of rotatable bonds is 7. The van der Waals surface area contributed by atoms with Crippen LogP contribution in [-0.2, 0) is 11.2 Å². The molecule has 0 atom stereocenters. The van der Waals surface area contributed by atoms with Crippen LogP contribution in [-0.4, -0.2) is 49.5 Å². The largest absolute Gasteiger partial charge is 0.357 e. The number of thiophene rings is 1. The predicted octanol–water partition coefficient (Wildman–Crippen LogP) is 2.48. The van der Waals surface area contributed by atoms with E-state index < -0.39 is 0 Å². The summed E-state index contributed by atoms with van der Waals surface area (Å²) < 4.78 is 0. The van der Waals surface area contributed by atoms with Crippen LogP contribution in [0.3, 0.4) is 0 Å². The third-order valence-electron chi connectivity index (χ3n) is 3.64. The molecule has 0 aromatic carbocycles. The van der Waals surface area contributed by atoms with Gasteiger partial charge in [0.05, 0.1) is 0 Å². The van der Waals surface area contributed by atoms with Gasteiger partial charge in [-0.1, -0.05) is 6.07 Å². The number of nitrogens with one attached hydrogen (secondary N) is 2. The van der Waals surface area contributed by atoms with E-state index in [1.54, 1.807) is 11.3 Å². The Kier molecular flexibility index (Phi) is 10.3. The number of halogens is 1. The zero-order valence-electron chi connectivity index (χ0n) is 13.7. The number of amides is 1. The number of carbonyl (C=O) groups is 1. The molecule has 1 amide bonds. The van der Waals surface area contributed by atoms with E-state index in [1.165, 1.54) is 4.88 Å². The summed E-state index contributed by atoms with van der Waals surface area (Å²) in [5.41, 5.74) is 0. The van der Waals surface area contributed by atoms with Crippen LogP contribution in [0.25, 0.3) is 0 Å². The molecule has 0 radical (unpaired) electrons. The van der Waals surface area contributed by atoms with Gasteiger partial charge in [-0.25, -0.2) is 0 Å². The van der Waals surface area contributed by atoms with E-state index in [-0.39, 0.29) is 29.9 Å². The first-order valence-corrected chi connectivity index (χ1v) is 9.00. The van der Waals surface area contributed by atoms with Crippen LogP contribution in [0.5, 0.6) is 0 Å². The third kappa shape index (κ3) is 7.52. The minimum atomic E-state index is 0. The number of likely N-dealkylation sites (tertiary alicyclic amines) is 1. The first kappa shape index (κ1) is 20.2. The molecule has 130 valence electrons. The van der Waals surface area contributed by atoms with Gasteiger partial charge in [-0.3, -0.25) is 9.79 Å². The number of hydrogen-bond donors (Lipinski definition) is 2. The topological polar surface area (TPSA) is 56.7 Å². The SMILES string of the molecule is CCNC(=NCCc1cccs1)NCCC(=O)N1CCCC1.I. The Bertz CT molecular complexity index is 472. The summed E-state index contributed by atoms with van der Waals surface area (Å²) in [6.45, 7) is 6.12. The zero-order chi connectivity index (χ0) is 15.6. The first-order valence-electron chi connectivity index (χ1n) is 8.12. The summed E-state index contributed by atoms with van der Waals surface area (Å²) in [5, 5.41) is 8.56. The van der Waals surface area contributed by atoms with Crippen LogP contribution >= 0.6 is 35.3 Å². The van der Waals surface area contributed by atoms with Crippen LogP contribution in [0, 0.1) is 0 Å². The summed E-state index contributed by atoms with van der Waals surface area (Å²) in [7, 11) is 0. The molecule has 0 unspecified atom stereocenters. The first-order chi connectivity index (χ1) is 10.8. The zero-order valence-corrected chi connectivity index (χ0v) is 16.9. The summed E-state index contributed by atoms with van der Waals surface area (Å²) >= 11 is 1.76. The van der Waals surface area contributed by atoms with Gasteiger partial charge in [-0.15, -0.1) is 35.3 Å². The van der Waals surface area contributed by atoms with Crippen LogP contribution in [0.15, 0.2) is 22.5 Å². The molecule has 1 aliphatic rings. The van der Waals surface area contributed by atoms with Crippen molar-refractivity contribution in [3.8, 4) is 0 Å². The smallest absolute Gasteiger partial charge is 0.224 e. The van der Waals surface area contributed by atoms with Crippen molar-refractivity contribution in [3.63, 3.8) is 0 Å². The van der Waals surface area contributed by atoms with E-state index in [1.807, 2.05) is 11.8 Å². The Balaban J connectivity index is 0.00000264. The molecular weight excluding hydrogens is 423 g/mol. The molecular formula is C16H27IN4OS. The van der Waals surface area contributed by atoms with Gasteiger partial charge in [0.1, 0.15) is 0 Å². The molecule has 2 heterocycles. The summed E-state index contributed by atoms with van der Waals surface area (Å²) in [4.78, 5) is 19.9. The van der Waals surface area contributed by atoms with Crippen molar-refractivity contribution in [2.24, 2.45) is 4.99 Å². The van der Waals surface area contributed by atoms with Crippen molar-refractivity contribution in [2.75, 3.05) is 32.7 Å². The number of guanidine groups is 1. The van der Waals surface area contributed by atoms with Crippen LogP contribution in [0.1, 0.15) is 31.1 Å². The van der Waals surface area contributed by atoms with Crippen molar-refractivity contribution in [2.45, 2.75) is 32.6 Å². The molecule has 23 heavy (non-hydrogen) atoms. The van der Waals surface area contributed by atoms with Gasteiger partial charge in [0, 0.05) is 50.4 Å². The van der Waals surface area contributed by atoms with Gasteiger partial charge in [0.15, 0.2) is 5.96 Å². The highest BCUT2D eigenvalue weighted by Gasteiger charge is 2.17. The minimum Gasteiger partial charge on any atom is -0.357 e. The second-order valence-corrected chi connectivity index (χ2v) is 6.39. The average molecular weight is 450 g/mol. The highest BCUT2D eigenvalue weighted by Crippen LogP contribution is 2.09.